The minimum atomic E-state index is -0.337. The second-order valence-corrected chi connectivity index (χ2v) is 5.97. The van der Waals surface area contributed by atoms with Gasteiger partial charge in [0.05, 0.1) is 11.9 Å². The molecule has 0 bridgehead atoms. The van der Waals surface area contributed by atoms with Crippen molar-refractivity contribution in [3.8, 4) is 5.69 Å². The van der Waals surface area contributed by atoms with E-state index in [-0.39, 0.29) is 17.4 Å². The molecule has 0 radical (unpaired) electrons. The van der Waals surface area contributed by atoms with Crippen LogP contribution in [0, 0.1) is 12.7 Å². The molecule has 0 saturated heterocycles. The summed E-state index contributed by atoms with van der Waals surface area (Å²) in [6.07, 6.45) is 4.09. The highest BCUT2D eigenvalue weighted by Gasteiger charge is 2.25. The molecule has 7 heteroatoms. The van der Waals surface area contributed by atoms with Gasteiger partial charge in [0, 0.05) is 17.3 Å². The Labute approximate surface area is 137 Å². The number of hydrogen-bond donors (Lipinski definition) is 2. The molecule has 122 valence electrons. The van der Waals surface area contributed by atoms with Crippen LogP contribution in [0.3, 0.4) is 0 Å². The predicted molar refractivity (Wildman–Crippen MR) is 86.8 cm³/mol. The number of H-pyrrole nitrogens is 1. The number of carbonyl (C=O) groups excluding carboxylic acids is 1. The topological polar surface area (TPSA) is 75.6 Å². The lowest BCUT2D eigenvalue weighted by Crippen LogP contribution is -2.14. The van der Waals surface area contributed by atoms with Crippen molar-refractivity contribution in [3.63, 3.8) is 0 Å². The van der Waals surface area contributed by atoms with Gasteiger partial charge in [0.2, 0.25) is 5.95 Å². The van der Waals surface area contributed by atoms with Crippen molar-refractivity contribution in [1.29, 1.82) is 0 Å². The molecule has 1 saturated carbocycles. The summed E-state index contributed by atoms with van der Waals surface area (Å²) in [7, 11) is 0. The van der Waals surface area contributed by atoms with Crippen molar-refractivity contribution in [2.45, 2.75) is 25.7 Å². The number of imidazole rings is 1. The summed E-state index contributed by atoms with van der Waals surface area (Å²) in [5.41, 5.74) is 2.81. The SMILES string of the molecule is Cc1cc(C(=O)Nc2ncc(C3CC3)[nH]2)nn1-c1ccc(F)cc1. The molecule has 1 aliphatic carbocycles. The lowest BCUT2D eigenvalue weighted by Gasteiger charge is -2.03. The van der Waals surface area contributed by atoms with Crippen molar-refractivity contribution in [3.05, 3.63) is 59.4 Å². The van der Waals surface area contributed by atoms with Gasteiger partial charge < -0.3 is 4.98 Å². The van der Waals surface area contributed by atoms with Crippen molar-refractivity contribution in [2.75, 3.05) is 5.32 Å². The van der Waals surface area contributed by atoms with Gasteiger partial charge in [-0.2, -0.15) is 5.10 Å². The number of amides is 1. The fraction of sp³-hybridized carbons (Fsp3) is 0.235. The first kappa shape index (κ1) is 14.6. The lowest BCUT2D eigenvalue weighted by molar-refractivity contribution is 0.102. The van der Waals surface area contributed by atoms with Crippen LogP contribution in [0.2, 0.25) is 0 Å². The van der Waals surface area contributed by atoms with Gasteiger partial charge in [0.1, 0.15) is 5.82 Å². The van der Waals surface area contributed by atoms with E-state index in [2.05, 4.69) is 20.4 Å². The molecule has 6 nitrogen and oxygen atoms in total. The third-order valence-corrected chi connectivity index (χ3v) is 4.04. The number of nitrogens with one attached hydrogen (secondary N) is 2. The Morgan fingerprint density at radius 1 is 1.33 bits per heavy atom. The van der Waals surface area contributed by atoms with Crippen LogP contribution >= 0.6 is 0 Å². The summed E-state index contributed by atoms with van der Waals surface area (Å²) in [6.45, 7) is 1.84. The predicted octanol–water partition coefficient (Wildman–Crippen LogP) is 3.17. The van der Waals surface area contributed by atoms with E-state index in [1.165, 1.54) is 12.1 Å². The molecule has 1 aliphatic rings. The van der Waals surface area contributed by atoms with Gasteiger partial charge in [-0.15, -0.1) is 0 Å². The van der Waals surface area contributed by atoms with Gasteiger partial charge in [-0.1, -0.05) is 0 Å². The second-order valence-electron chi connectivity index (χ2n) is 5.97. The van der Waals surface area contributed by atoms with Crippen molar-refractivity contribution < 1.29 is 9.18 Å². The number of rotatable bonds is 4. The molecule has 0 aliphatic heterocycles. The number of aromatic nitrogens is 4. The Kier molecular flexibility index (Phi) is 3.41. The summed E-state index contributed by atoms with van der Waals surface area (Å²) < 4.78 is 14.6. The molecule has 2 N–H and O–H groups in total. The van der Waals surface area contributed by atoms with Crippen molar-refractivity contribution in [2.24, 2.45) is 0 Å². The molecule has 1 fully saturated rings. The van der Waals surface area contributed by atoms with Crippen LogP contribution < -0.4 is 5.32 Å². The summed E-state index contributed by atoms with van der Waals surface area (Å²) >= 11 is 0. The van der Waals surface area contributed by atoms with Crippen LogP contribution in [0.4, 0.5) is 10.3 Å². The third kappa shape index (κ3) is 2.80. The average Bonchev–Trinajstić information content (AvgIpc) is 3.19. The summed E-state index contributed by atoms with van der Waals surface area (Å²) in [4.78, 5) is 19.6. The second kappa shape index (κ2) is 5.59. The molecule has 0 spiro atoms. The number of anilines is 1. The van der Waals surface area contributed by atoms with Crippen LogP contribution in [-0.4, -0.2) is 25.7 Å². The lowest BCUT2D eigenvalue weighted by atomic mass is 10.3. The quantitative estimate of drug-likeness (QED) is 0.773. The minimum Gasteiger partial charge on any atom is -0.328 e. The molecular formula is C17H16FN5O. The van der Waals surface area contributed by atoms with E-state index < -0.39 is 0 Å². The highest BCUT2D eigenvalue weighted by molar-refractivity contribution is 6.02. The maximum atomic E-state index is 13.0. The first-order valence-corrected chi connectivity index (χ1v) is 7.79. The fourth-order valence-electron chi connectivity index (χ4n) is 2.60. The van der Waals surface area contributed by atoms with Crippen LogP contribution in [0.5, 0.6) is 0 Å². The molecule has 0 atom stereocenters. The highest BCUT2D eigenvalue weighted by atomic mass is 19.1. The maximum absolute atomic E-state index is 13.0. The van der Waals surface area contributed by atoms with E-state index in [0.29, 0.717) is 17.6 Å². The number of nitrogens with zero attached hydrogens (tertiary/aromatic N) is 3. The zero-order valence-corrected chi connectivity index (χ0v) is 13.1. The van der Waals surface area contributed by atoms with Gasteiger partial charge in [-0.05, 0) is 50.1 Å². The van der Waals surface area contributed by atoms with Crippen molar-refractivity contribution in [1.82, 2.24) is 19.7 Å². The van der Waals surface area contributed by atoms with Gasteiger partial charge in [0.15, 0.2) is 5.69 Å². The molecular weight excluding hydrogens is 309 g/mol. The van der Waals surface area contributed by atoms with E-state index in [4.69, 9.17) is 0 Å². The zero-order valence-electron chi connectivity index (χ0n) is 13.1. The molecule has 4 rings (SSSR count). The Morgan fingerprint density at radius 2 is 2.08 bits per heavy atom. The molecule has 3 aromatic rings. The van der Waals surface area contributed by atoms with Crippen molar-refractivity contribution >= 4 is 11.9 Å². The summed E-state index contributed by atoms with van der Waals surface area (Å²) in [5, 5.41) is 7.02. The standard InChI is InChI=1S/C17H16FN5O/c1-10-8-14(22-23(10)13-6-4-12(18)5-7-13)16(24)21-17-19-9-15(20-17)11-2-3-11/h4-9,11H,2-3H2,1H3,(H2,19,20,21,24). The normalized spacial score (nSPS) is 13.9. The van der Waals surface area contributed by atoms with Gasteiger partial charge in [0.25, 0.3) is 5.91 Å². The van der Waals surface area contributed by atoms with Crippen LogP contribution in [0.25, 0.3) is 5.69 Å². The van der Waals surface area contributed by atoms with E-state index >= 15 is 0 Å². The number of aromatic amines is 1. The molecule has 24 heavy (non-hydrogen) atoms. The summed E-state index contributed by atoms with van der Waals surface area (Å²) in [5.74, 6) is 0.320. The first-order valence-electron chi connectivity index (χ1n) is 7.79. The fourth-order valence-corrected chi connectivity index (χ4v) is 2.60. The Balaban J connectivity index is 1.53. The van der Waals surface area contributed by atoms with Gasteiger partial charge in [-0.3, -0.25) is 10.1 Å². The Hall–Kier alpha value is -2.96. The monoisotopic (exact) mass is 325 g/mol. The summed E-state index contributed by atoms with van der Waals surface area (Å²) in [6, 6.07) is 7.64. The van der Waals surface area contributed by atoms with Gasteiger partial charge in [-0.25, -0.2) is 14.1 Å². The number of benzene rings is 1. The third-order valence-electron chi connectivity index (χ3n) is 4.04. The number of carbonyl (C=O) groups is 1. The smallest absolute Gasteiger partial charge is 0.278 e. The highest BCUT2D eigenvalue weighted by Crippen LogP contribution is 2.39. The van der Waals surface area contributed by atoms with Gasteiger partial charge >= 0.3 is 0 Å². The average molecular weight is 325 g/mol. The molecule has 1 amide bonds. The molecule has 2 aromatic heterocycles. The number of aryl methyl sites for hydroxylation is 1. The van der Waals surface area contributed by atoms with E-state index in [1.807, 2.05) is 6.92 Å². The molecule has 2 heterocycles. The van der Waals surface area contributed by atoms with E-state index in [9.17, 15) is 9.18 Å². The van der Waals surface area contributed by atoms with Crippen LogP contribution in [0.1, 0.15) is 40.6 Å². The zero-order chi connectivity index (χ0) is 16.7. The first-order chi connectivity index (χ1) is 11.6. The molecule has 0 unspecified atom stereocenters. The maximum Gasteiger partial charge on any atom is 0.278 e. The largest absolute Gasteiger partial charge is 0.328 e. The molecule has 1 aromatic carbocycles. The van der Waals surface area contributed by atoms with E-state index in [1.54, 1.807) is 29.1 Å². The van der Waals surface area contributed by atoms with E-state index in [0.717, 1.165) is 24.2 Å². The number of hydrogen-bond acceptors (Lipinski definition) is 3. The van der Waals surface area contributed by atoms with Crippen LogP contribution in [-0.2, 0) is 0 Å². The minimum absolute atomic E-state index is 0.279. The number of halogens is 1. The Bertz CT molecular complexity index is 892. The van der Waals surface area contributed by atoms with Crippen LogP contribution in [0.15, 0.2) is 36.5 Å². The Morgan fingerprint density at radius 3 is 2.79 bits per heavy atom.